The summed E-state index contributed by atoms with van der Waals surface area (Å²) in [6.45, 7) is -0.0274. The minimum absolute atomic E-state index is 0.0274. The van der Waals surface area contributed by atoms with Gasteiger partial charge in [0.1, 0.15) is 23.3 Å². The van der Waals surface area contributed by atoms with Crippen molar-refractivity contribution in [3.05, 3.63) is 34.9 Å². The van der Waals surface area contributed by atoms with Gasteiger partial charge in [0.25, 0.3) is 0 Å². The van der Waals surface area contributed by atoms with Crippen molar-refractivity contribution >= 4 is 5.97 Å². The molecule has 0 radical (unpaired) electrons. The van der Waals surface area contributed by atoms with Crippen LogP contribution in [-0.4, -0.2) is 41.0 Å². The second kappa shape index (κ2) is 5.85. The maximum absolute atomic E-state index is 13.7. The molecule has 0 aromatic heterocycles. The summed E-state index contributed by atoms with van der Waals surface area (Å²) in [6, 6.07) is 1.64. The SMILES string of the molecule is CNCC(O)C(O)c1ccc(F)c(C(=O)O)c1F. The van der Waals surface area contributed by atoms with Crippen LogP contribution in [0.4, 0.5) is 8.78 Å². The summed E-state index contributed by atoms with van der Waals surface area (Å²) in [5.74, 6) is -4.40. The highest BCUT2D eigenvalue weighted by molar-refractivity contribution is 5.88. The van der Waals surface area contributed by atoms with Crippen molar-refractivity contribution in [2.45, 2.75) is 12.2 Å². The van der Waals surface area contributed by atoms with E-state index < -0.39 is 40.9 Å². The first-order valence-electron chi connectivity index (χ1n) is 5.12. The molecular weight excluding hydrogens is 248 g/mol. The Hall–Kier alpha value is -1.57. The number of carboxylic acids is 1. The molecule has 2 atom stereocenters. The van der Waals surface area contributed by atoms with Gasteiger partial charge in [-0.2, -0.15) is 0 Å². The van der Waals surface area contributed by atoms with Crippen molar-refractivity contribution in [3.8, 4) is 0 Å². The fraction of sp³-hybridized carbons (Fsp3) is 0.364. The Morgan fingerprint density at radius 3 is 2.50 bits per heavy atom. The molecule has 5 nitrogen and oxygen atoms in total. The van der Waals surface area contributed by atoms with Gasteiger partial charge in [0.05, 0.1) is 6.10 Å². The van der Waals surface area contributed by atoms with Crippen LogP contribution in [0.25, 0.3) is 0 Å². The second-order valence-electron chi connectivity index (χ2n) is 3.70. The lowest BCUT2D eigenvalue weighted by Gasteiger charge is -2.19. The quantitative estimate of drug-likeness (QED) is 0.611. The molecule has 0 aliphatic heterocycles. The molecule has 1 aromatic rings. The van der Waals surface area contributed by atoms with E-state index in [9.17, 15) is 23.8 Å². The maximum atomic E-state index is 13.7. The fourth-order valence-electron chi connectivity index (χ4n) is 1.52. The summed E-state index contributed by atoms with van der Waals surface area (Å²) in [7, 11) is 1.51. The van der Waals surface area contributed by atoms with E-state index in [-0.39, 0.29) is 6.54 Å². The molecule has 2 unspecified atom stereocenters. The Bertz CT molecular complexity index is 453. The number of rotatable bonds is 5. The Kier molecular flexibility index (Phi) is 4.71. The lowest BCUT2D eigenvalue weighted by atomic mass is 10.0. The predicted octanol–water partition coefficient (Wildman–Crippen LogP) is 0.277. The van der Waals surface area contributed by atoms with Gasteiger partial charge in [0.2, 0.25) is 0 Å². The van der Waals surface area contributed by atoms with E-state index >= 15 is 0 Å². The molecule has 0 saturated carbocycles. The van der Waals surface area contributed by atoms with Crippen molar-refractivity contribution in [1.82, 2.24) is 5.32 Å². The standard InChI is InChI=1S/C11H13F2NO4/c1-14-4-7(15)10(16)5-2-3-6(12)8(9(5)13)11(17)18/h2-3,7,10,14-16H,4H2,1H3,(H,17,18). The molecule has 0 fully saturated rings. The highest BCUT2D eigenvalue weighted by Crippen LogP contribution is 2.24. The molecule has 0 aliphatic carbocycles. The molecule has 0 aliphatic rings. The predicted molar refractivity (Wildman–Crippen MR) is 58.2 cm³/mol. The van der Waals surface area contributed by atoms with E-state index in [1.807, 2.05) is 0 Å². The molecular formula is C11H13F2NO4. The van der Waals surface area contributed by atoms with Gasteiger partial charge in [-0.3, -0.25) is 0 Å². The lowest BCUT2D eigenvalue weighted by molar-refractivity contribution is 0.0179. The lowest BCUT2D eigenvalue weighted by Crippen LogP contribution is -2.30. The highest BCUT2D eigenvalue weighted by Gasteiger charge is 2.26. The average molecular weight is 261 g/mol. The van der Waals surface area contributed by atoms with Crippen LogP contribution in [0, 0.1) is 11.6 Å². The van der Waals surface area contributed by atoms with Gasteiger partial charge in [-0.15, -0.1) is 0 Å². The second-order valence-corrected chi connectivity index (χ2v) is 3.70. The number of hydrogen-bond acceptors (Lipinski definition) is 4. The summed E-state index contributed by atoms with van der Waals surface area (Å²) in [5, 5.41) is 30.3. The van der Waals surface area contributed by atoms with E-state index in [0.29, 0.717) is 0 Å². The molecule has 100 valence electrons. The number of carbonyl (C=O) groups is 1. The first-order chi connectivity index (χ1) is 8.40. The number of aliphatic hydroxyl groups excluding tert-OH is 2. The van der Waals surface area contributed by atoms with Gasteiger partial charge >= 0.3 is 5.97 Å². The normalized spacial score (nSPS) is 14.3. The number of hydrogen-bond donors (Lipinski definition) is 4. The van der Waals surface area contributed by atoms with Crippen molar-refractivity contribution in [3.63, 3.8) is 0 Å². The molecule has 0 saturated heterocycles. The van der Waals surface area contributed by atoms with E-state index in [1.54, 1.807) is 0 Å². The summed E-state index contributed by atoms with van der Waals surface area (Å²) in [4.78, 5) is 10.7. The van der Waals surface area contributed by atoms with Crippen LogP contribution >= 0.6 is 0 Å². The largest absolute Gasteiger partial charge is 0.477 e. The molecule has 0 amide bonds. The Morgan fingerprint density at radius 1 is 1.39 bits per heavy atom. The van der Waals surface area contributed by atoms with Gasteiger partial charge in [-0.1, -0.05) is 6.07 Å². The monoisotopic (exact) mass is 261 g/mol. The van der Waals surface area contributed by atoms with Gasteiger partial charge in [0, 0.05) is 12.1 Å². The zero-order valence-corrected chi connectivity index (χ0v) is 9.52. The number of benzene rings is 1. The Balaban J connectivity index is 3.18. The summed E-state index contributed by atoms with van der Waals surface area (Å²) in [6.07, 6.45) is -2.98. The highest BCUT2D eigenvalue weighted by atomic mass is 19.1. The van der Waals surface area contributed by atoms with Crippen LogP contribution in [0.3, 0.4) is 0 Å². The molecule has 7 heteroatoms. The van der Waals surface area contributed by atoms with E-state index in [4.69, 9.17) is 5.11 Å². The number of halogens is 2. The van der Waals surface area contributed by atoms with Gasteiger partial charge in [-0.25, -0.2) is 13.6 Å². The minimum Gasteiger partial charge on any atom is -0.477 e. The molecule has 18 heavy (non-hydrogen) atoms. The van der Waals surface area contributed by atoms with Crippen LogP contribution in [0.15, 0.2) is 12.1 Å². The van der Waals surface area contributed by atoms with Crippen molar-refractivity contribution in [2.75, 3.05) is 13.6 Å². The van der Waals surface area contributed by atoms with Crippen LogP contribution in [-0.2, 0) is 0 Å². The van der Waals surface area contributed by atoms with Crippen molar-refractivity contribution < 1.29 is 28.9 Å². The Labute approximate surface area is 102 Å². The molecule has 1 rings (SSSR count). The number of nitrogens with one attached hydrogen (secondary N) is 1. The van der Waals surface area contributed by atoms with Crippen LogP contribution < -0.4 is 5.32 Å². The van der Waals surface area contributed by atoms with Gasteiger partial charge < -0.3 is 20.6 Å². The third-order valence-electron chi connectivity index (χ3n) is 2.43. The minimum atomic E-state index is -1.78. The van der Waals surface area contributed by atoms with Crippen LogP contribution in [0.1, 0.15) is 22.0 Å². The van der Waals surface area contributed by atoms with Crippen molar-refractivity contribution in [2.24, 2.45) is 0 Å². The van der Waals surface area contributed by atoms with Gasteiger partial charge in [0.15, 0.2) is 0 Å². The number of aliphatic hydroxyl groups is 2. The van der Waals surface area contributed by atoms with Crippen molar-refractivity contribution in [1.29, 1.82) is 0 Å². The molecule has 1 aromatic carbocycles. The first kappa shape index (κ1) is 14.5. The zero-order valence-electron chi connectivity index (χ0n) is 9.52. The van der Waals surface area contributed by atoms with Crippen LogP contribution in [0.5, 0.6) is 0 Å². The summed E-state index contributed by atoms with van der Waals surface area (Å²) < 4.78 is 26.8. The maximum Gasteiger partial charge on any atom is 0.341 e. The molecule has 0 heterocycles. The fourth-order valence-corrected chi connectivity index (χ4v) is 1.52. The number of aromatic carboxylic acids is 1. The van der Waals surface area contributed by atoms with E-state index in [0.717, 1.165) is 12.1 Å². The molecule has 0 spiro atoms. The third-order valence-corrected chi connectivity index (χ3v) is 2.43. The number of likely N-dealkylation sites (N-methyl/N-ethyl adjacent to an activating group) is 1. The average Bonchev–Trinajstić information content (AvgIpc) is 2.28. The Morgan fingerprint density at radius 2 is 2.00 bits per heavy atom. The smallest absolute Gasteiger partial charge is 0.341 e. The summed E-state index contributed by atoms with van der Waals surface area (Å²) >= 11 is 0. The van der Waals surface area contributed by atoms with Crippen LogP contribution in [0.2, 0.25) is 0 Å². The van der Waals surface area contributed by atoms with E-state index in [2.05, 4.69) is 5.32 Å². The molecule has 0 bridgehead atoms. The summed E-state index contributed by atoms with van der Waals surface area (Å²) in [5.41, 5.74) is -1.61. The zero-order chi connectivity index (χ0) is 13.9. The van der Waals surface area contributed by atoms with Gasteiger partial charge in [-0.05, 0) is 13.1 Å². The topological polar surface area (TPSA) is 89.8 Å². The van der Waals surface area contributed by atoms with E-state index in [1.165, 1.54) is 7.05 Å². The molecule has 4 N–H and O–H groups in total. The first-order valence-corrected chi connectivity index (χ1v) is 5.12. The third kappa shape index (κ3) is 2.81. The number of carboxylic acid groups (broad SMARTS) is 1.